The minimum absolute atomic E-state index is 0.235. The molecule has 2 rings (SSSR count). The summed E-state index contributed by atoms with van der Waals surface area (Å²) in [4.78, 5) is 8.23. The molecular formula is C11H14N4S. The maximum absolute atomic E-state index is 4.20. The van der Waals surface area contributed by atoms with Gasteiger partial charge < -0.3 is 0 Å². The van der Waals surface area contributed by atoms with Crippen LogP contribution in [0.4, 0.5) is 0 Å². The highest BCUT2D eigenvalue weighted by molar-refractivity contribution is 7.14. The van der Waals surface area contributed by atoms with Crippen LogP contribution < -0.4 is 0 Å². The highest BCUT2D eigenvalue weighted by Crippen LogP contribution is 2.26. The molecule has 4 nitrogen and oxygen atoms in total. The van der Waals surface area contributed by atoms with Gasteiger partial charge in [-0.3, -0.25) is 9.97 Å². The number of hydrogen-bond acceptors (Lipinski definition) is 5. The van der Waals surface area contributed by atoms with Crippen molar-refractivity contribution in [2.75, 3.05) is 0 Å². The fraction of sp³-hybridized carbons (Fsp3) is 0.455. The second-order valence-corrected chi connectivity index (χ2v) is 5.89. The van der Waals surface area contributed by atoms with Gasteiger partial charge in [0.05, 0.1) is 6.20 Å². The van der Waals surface area contributed by atoms with Crippen LogP contribution in [-0.4, -0.2) is 20.2 Å². The molecule has 84 valence electrons. The summed E-state index contributed by atoms with van der Waals surface area (Å²) in [5, 5.41) is 10.2. The SMILES string of the molecule is CC(C)(C)Cc1nnc(-c2cnccn2)s1. The lowest BCUT2D eigenvalue weighted by Crippen LogP contribution is -2.08. The first-order chi connectivity index (χ1) is 7.54. The predicted octanol–water partition coefficient (Wildman–Crippen LogP) is 2.58. The average molecular weight is 234 g/mol. The van der Waals surface area contributed by atoms with Crippen LogP contribution in [0.1, 0.15) is 25.8 Å². The predicted molar refractivity (Wildman–Crippen MR) is 64.1 cm³/mol. The summed E-state index contributed by atoms with van der Waals surface area (Å²) in [7, 11) is 0. The summed E-state index contributed by atoms with van der Waals surface area (Å²) in [6, 6.07) is 0. The Morgan fingerprint density at radius 3 is 2.62 bits per heavy atom. The molecule has 0 unspecified atom stereocenters. The van der Waals surface area contributed by atoms with Crippen LogP contribution in [0.5, 0.6) is 0 Å². The normalized spacial score (nSPS) is 11.7. The molecule has 0 aromatic carbocycles. The van der Waals surface area contributed by atoms with E-state index in [-0.39, 0.29) is 5.41 Å². The van der Waals surface area contributed by atoms with Crippen LogP contribution in [0.3, 0.4) is 0 Å². The molecule has 0 N–H and O–H groups in total. The van der Waals surface area contributed by atoms with Gasteiger partial charge in [-0.25, -0.2) is 0 Å². The number of aromatic nitrogens is 4. The Morgan fingerprint density at radius 2 is 2.00 bits per heavy atom. The molecule has 0 amide bonds. The van der Waals surface area contributed by atoms with E-state index in [0.717, 1.165) is 22.1 Å². The van der Waals surface area contributed by atoms with Gasteiger partial charge in [-0.1, -0.05) is 32.1 Å². The Kier molecular flexibility index (Phi) is 2.96. The van der Waals surface area contributed by atoms with E-state index in [2.05, 4.69) is 40.9 Å². The fourth-order valence-corrected chi connectivity index (χ4v) is 2.39. The van der Waals surface area contributed by atoms with Gasteiger partial charge in [-0.15, -0.1) is 10.2 Å². The lowest BCUT2D eigenvalue weighted by atomic mass is 9.93. The average Bonchev–Trinajstić information content (AvgIpc) is 2.65. The molecule has 5 heteroatoms. The van der Waals surface area contributed by atoms with E-state index < -0.39 is 0 Å². The van der Waals surface area contributed by atoms with Crippen molar-refractivity contribution in [3.05, 3.63) is 23.6 Å². The van der Waals surface area contributed by atoms with Crippen LogP contribution >= 0.6 is 11.3 Å². The zero-order valence-corrected chi connectivity index (χ0v) is 10.5. The third-order valence-electron chi connectivity index (χ3n) is 1.93. The number of nitrogens with zero attached hydrogens (tertiary/aromatic N) is 4. The van der Waals surface area contributed by atoms with Crippen LogP contribution in [0, 0.1) is 5.41 Å². The Bertz CT molecular complexity index is 458. The second-order valence-electron chi connectivity index (χ2n) is 4.83. The molecule has 2 heterocycles. The molecule has 16 heavy (non-hydrogen) atoms. The molecule has 0 saturated carbocycles. The molecule has 0 saturated heterocycles. The van der Waals surface area contributed by atoms with Crippen molar-refractivity contribution in [3.8, 4) is 10.7 Å². The largest absolute Gasteiger partial charge is 0.261 e. The maximum atomic E-state index is 4.20. The highest BCUT2D eigenvalue weighted by Gasteiger charge is 2.15. The molecule has 0 fully saturated rings. The molecule has 0 spiro atoms. The molecular weight excluding hydrogens is 220 g/mol. The molecule has 0 aliphatic heterocycles. The Hall–Kier alpha value is -1.36. The highest BCUT2D eigenvalue weighted by atomic mass is 32.1. The van der Waals surface area contributed by atoms with Gasteiger partial charge in [0, 0.05) is 18.8 Å². The summed E-state index contributed by atoms with van der Waals surface area (Å²) in [5.74, 6) is 0. The lowest BCUT2D eigenvalue weighted by molar-refractivity contribution is 0.409. The number of hydrogen-bond donors (Lipinski definition) is 0. The van der Waals surface area contributed by atoms with Crippen LogP contribution in [0.25, 0.3) is 10.7 Å². The van der Waals surface area contributed by atoms with Gasteiger partial charge >= 0.3 is 0 Å². The van der Waals surface area contributed by atoms with Gasteiger partial charge in [-0.05, 0) is 5.41 Å². The van der Waals surface area contributed by atoms with Gasteiger partial charge in [0.15, 0.2) is 5.01 Å². The maximum Gasteiger partial charge on any atom is 0.167 e. The Labute approximate surface area is 98.8 Å². The van der Waals surface area contributed by atoms with Crippen LogP contribution in [-0.2, 0) is 6.42 Å². The van der Waals surface area contributed by atoms with Gasteiger partial charge in [0.2, 0.25) is 0 Å². The Morgan fingerprint density at radius 1 is 1.19 bits per heavy atom. The summed E-state index contributed by atoms with van der Waals surface area (Å²) in [6.45, 7) is 6.57. The first kappa shape index (κ1) is 11.1. The quantitative estimate of drug-likeness (QED) is 0.801. The van der Waals surface area contributed by atoms with Crippen molar-refractivity contribution in [3.63, 3.8) is 0 Å². The second kappa shape index (κ2) is 4.25. The van der Waals surface area contributed by atoms with E-state index in [1.54, 1.807) is 29.9 Å². The summed E-state index contributed by atoms with van der Waals surface area (Å²) < 4.78 is 0. The van der Waals surface area contributed by atoms with E-state index in [9.17, 15) is 0 Å². The smallest absolute Gasteiger partial charge is 0.167 e. The zero-order chi connectivity index (χ0) is 11.6. The molecule has 2 aromatic rings. The van der Waals surface area contributed by atoms with Crippen molar-refractivity contribution < 1.29 is 0 Å². The van der Waals surface area contributed by atoms with Crippen LogP contribution in [0.2, 0.25) is 0 Å². The monoisotopic (exact) mass is 234 g/mol. The van der Waals surface area contributed by atoms with Crippen LogP contribution in [0.15, 0.2) is 18.6 Å². The van der Waals surface area contributed by atoms with E-state index in [1.807, 2.05) is 0 Å². The lowest BCUT2D eigenvalue weighted by Gasteiger charge is -2.14. The molecule has 0 radical (unpaired) electrons. The van der Waals surface area contributed by atoms with Crippen molar-refractivity contribution in [2.24, 2.45) is 5.41 Å². The topological polar surface area (TPSA) is 51.6 Å². The molecule has 2 aromatic heterocycles. The van der Waals surface area contributed by atoms with Crippen molar-refractivity contribution in [1.82, 2.24) is 20.2 Å². The van der Waals surface area contributed by atoms with Crippen molar-refractivity contribution >= 4 is 11.3 Å². The third-order valence-corrected chi connectivity index (χ3v) is 2.88. The van der Waals surface area contributed by atoms with Gasteiger partial charge in [-0.2, -0.15) is 0 Å². The first-order valence-electron chi connectivity index (χ1n) is 5.13. The fourth-order valence-electron chi connectivity index (χ4n) is 1.29. The standard InChI is InChI=1S/C11H14N4S/c1-11(2,3)6-9-14-15-10(16-9)8-7-12-4-5-13-8/h4-5,7H,6H2,1-3H3. The van der Waals surface area contributed by atoms with E-state index in [0.29, 0.717) is 0 Å². The van der Waals surface area contributed by atoms with E-state index in [1.165, 1.54) is 0 Å². The van der Waals surface area contributed by atoms with Crippen molar-refractivity contribution in [1.29, 1.82) is 0 Å². The zero-order valence-electron chi connectivity index (χ0n) is 9.64. The molecule has 0 aliphatic carbocycles. The third kappa shape index (κ3) is 2.82. The minimum Gasteiger partial charge on any atom is -0.261 e. The molecule has 0 bridgehead atoms. The van der Waals surface area contributed by atoms with Gasteiger partial charge in [0.1, 0.15) is 10.7 Å². The molecule has 0 aliphatic rings. The summed E-state index contributed by atoms with van der Waals surface area (Å²) >= 11 is 1.59. The summed E-state index contributed by atoms with van der Waals surface area (Å²) in [5.41, 5.74) is 1.03. The number of rotatable bonds is 2. The first-order valence-corrected chi connectivity index (χ1v) is 5.95. The van der Waals surface area contributed by atoms with Crippen molar-refractivity contribution in [2.45, 2.75) is 27.2 Å². The minimum atomic E-state index is 0.235. The van der Waals surface area contributed by atoms with E-state index in [4.69, 9.17) is 0 Å². The van der Waals surface area contributed by atoms with E-state index >= 15 is 0 Å². The Balaban J connectivity index is 2.21. The molecule has 0 atom stereocenters. The summed E-state index contributed by atoms with van der Waals surface area (Å²) in [6.07, 6.45) is 5.97. The van der Waals surface area contributed by atoms with Gasteiger partial charge in [0.25, 0.3) is 0 Å².